The van der Waals surface area contributed by atoms with E-state index >= 15 is 0 Å². The third kappa shape index (κ3) is 3.21. The van der Waals surface area contributed by atoms with Crippen molar-refractivity contribution in [3.63, 3.8) is 0 Å². The van der Waals surface area contributed by atoms with Crippen LogP contribution in [0.5, 0.6) is 5.75 Å². The third-order valence-electron chi connectivity index (χ3n) is 4.80. The topological polar surface area (TPSA) is 55.6 Å². The number of hydrogen-bond donors (Lipinski definition) is 1. The highest BCUT2D eigenvalue weighted by atomic mass is 16.5. The van der Waals surface area contributed by atoms with Crippen molar-refractivity contribution < 1.29 is 9.53 Å². The fourth-order valence-corrected chi connectivity index (χ4v) is 3.32. The Morgan fingerprint density at radius 2 is 2.14 bits per heavy atom. The van der Waals surface area contributed by atoms with Gasteiger partial charge in [0, 0.05) is 18.5 Å². The van der Waals surface area contributed by atoms with E-state index in [4.69, 9.17) is 10.5 Å². The minimum absolute atomic E-state index is 0.00678. The van der Waals surface area contributed by atoms with Crippen molar-refractivity contribution in [2.45, 2.75) is 32.2 Å². The van der Waals surface area contributed by atoms with E-state index in [1.54, 1.807) is 7.11 Å². The summed E-state index contributed by atoms with van der Waals surface area (Å²) in [6.45, 7) is 2.65. The summed E-state index contributed by atoms with van der Waals surface area (Å²) in [7, 11) is 3.54. The van der Waals surface area contributed by atoms with E-state index in [-0.39, 0.29) is 17.9 Å². The Morgan fingerprint density at radius 1 is 1.43 bits per heavy atom. The molecule has 0 heterocycles. The second-order valence-corrected chi connectivity index (χ2v) is 5.90. The summed E-state index contributed by atoms with van der Waals surface area (Å²) < 4.78 is 5.41. The average molecular weight is 290 g/mol. The molecule has 0 spiro atoms. The van der Waals surface area contributed by atoms with Crippen LogP contribution >= 0.6 is 0 Å². The monoisotopic (exact) mass is 290 g/mol. The van der Waals surface area contributed by atoms with E-state index in [1.165, 1.54) is 0 Å². The number of carbonyl (C=O) groups is 1. The third-order valence-corrected chi connectivity index (χ3v) is 4.80. The molecule has 3 atom stereocenters. The molecule has 116 valence electrons. The summed E-state index contributed by atoms with van der Waals surface area (Å²) in [4.78, 5) is 14.6. The van der Waals surface area contributed by atoms with Crippen molar-refractivity contribution in [2.24, 2.45) is 17.6 Å². The molecule has 4 heteroatoms. The summed E-state index contributed by atoms with van der Waals surface area (Å²) >= 11 is 0. The molecule has 1 aliphatic carbocycles. The molecule has 21 heavy (non-hydrogen) atoms. The van der Waals surface area contributed by atoms with Crippen LogP contribution in [0.25, 0.3) is 0 Å². The van der Waals surface area contributed by atoms with Crippen LogP contribution in [0.15, 0.2) is 24.3 Å². The summed E-state index contributed by atoms with van der Waals surface area (Å²) in [5.74, 6) is 1.45. The first-order chi connectivity index (χ1) is 10.1. The van der Waals surface area contributed by atoms with Crippen LogP contribution in [-0.2, 0) is 4.79 Å². The second kappa shape index (κ2) is 6.94. The average Bonchev–Trinajstić information content (AvgIpc) is 3.01. The predicted molar refractivity (Wildman–Crippen MR) is 84.1 cm³/mol. The van der Waals surface area contributed by atoms with E-state index in [0.717, 1.165) is 30.6 Å². The van der Waals surface area contributed by atoms with Gasteiger partial charge in [0.25, 0.3) is 0 Å². The van der Waals surface area contributed by atoms with Gasteiger partial charge in [-0.3, -0.25) is 4.79 Å². The highest BCUT2D eigenvalue weighted by Gasteiger charge is 2.35. The summed E-state index contributed by atoms with van der Waals surface area (Å²) in [5, 5.41) is 0. The standard InChI is InChI=1S/C17H26N2O2/c1-12(14-8-4-5-10-16(14)21-3)19(2)17(20)15-9-6-7-13(15)11-18/h4-5,8,10,12-13,15H,6-7,9,11,18H2,1-3H3. The molecule has 1 aromatic rings. The van der Waals surface area contributed by atoms with E-state index in [2.05, 4.69) is 0 Å². The van der Waals surface area contributed by atoms with E-state index in [9.17, 15) is 4.79 Å². The molecule has 0 aliphatic heterocycles. The van der Waals surface area contributed by atoms with Crippen molar-refractivity contribution in [3.05, 3.63) is 29.8 Å². The quantitative estimate of drug-likeness (QED) is 0.907. The fourth-order valence-electron chi connectivity index (χ4n) is 3.32. The van der Waals surface area contributed by atoms with Crippen LogP contribution in [0.2, 0.25) is 0 Å². The minimum Gasteiger partial charge on any atom is -0.496 e. The lowest BCUT2D eigenvalue weighted by Gasteiger charge is -2.30. The molecular weight excluding hydrogens is 264 g/mol. The van der Waals surface area contributed by atoms with Gasteiger partial charge in [-0.15, -0.1) is 0 Å². The number of nitrogens with zero attached hydrogens (tertiary/aromatic N) is 1. The van der Waals surface area contributed by atoms with Crippen LogP contribution in [0.3, 0.4) is 0 Å². The Hall–Kier alpha value is -1.55. The van der Waals surface area contributed by atoms with Crippen molar-refractivity contribution in [3.8, 4) is 5.75 Å². The van der Waals surface area contributed by atoms with Crippen molar-refractivity contribution >= 4 is 5.91 Å². The summed E-state index contributed by atoms with van der Waals surface area (Å²) in [6, 6.07) is 7.86. The van der Waals surface area contributed by atoms with Gasteiger partial charge < -0.3 is 15.4 Å². The van der Waals surface area contributed by atoms with Crippen molar-refractivity contribution in [1.82, 2.24) is 4.90 Å². The highest BCUT2D eigenvalue weighted by Crippen LogP contribution is 2.35. The number of rotatable bonds is 5. The molecule has 0 saturated heterocycles. The molecule has 3 unspecified atom stereocenters. The first-order valence-electron chi connectivity index (χ1n) is 7.69. The molecule has 1 fully saturated rings. The molecule has 2 rings (SSSR count). The minimum atomic E-state index is -0.00678. The Morgan fingerprint density at radius 3 is 2.81 bits per heavy atom. The molecule has 1 aromatic carbocycles. The number of benzene rings is 1. The molecule has 0 radical (unpaired) electrons. The van der Waals surface area contributed by atoms with Crippen molar-refractivity contribution in [2.75, 3.05) is 20.7 Å². The van der Waals surface area contributed by atoms with E-state index in [0.29, 0.717) is 12.5 Å². The Labute approximate surface area is 127 Å². The Balaban J connectivity index is 2.15. The number of hydrogen-bond acceptors (Lipinski definition) is 3. The molecule has 4 nitrogen and oxygen atoms in total. The van der Waals surface area contributed by atoms with Gasteiger partial charge in [0.15, 0.2) is 0 Å². The number of amides is 1. The Kier molecular flexibility index (Phi) is 5.23. The van der Waals surface area contributed by atoms with Crippen molar-refractivity contribution in [1.29, 1.82) is 0 Å². The fraction of sp³-hybridized carbons (Fsp3) is 0.588. The van der Waals surface area contributed by atoms with Gasteiger partial charge in [0.1, 0.15) is 5.75 Å². The van der Waals surface area contributed by atoms with Crippen LogP contribution in [-0.4, -0.2) is 31.5 Å². The number of para-hydroxylation sites is 1. The zero-order valence-corrected chi connectivity index (χ0v) is 13.2. The SMILES string of the molecule is COc1ccccc1C(C)N(C)C(=O)C1CCCC1CN. The first kappa shape index (κ1) is 15.8. The lowest BCUT2D eigenvalue weighted by atomic mass is 9.93. The predicted octanol–water partition coefficient (Wildman–Crippen LogP) is 2.59. The zero-order valence-electron chi connectivity index (χ0n) is 13.2. The number of carbonyl (C=O) groups excluding carboxylic acids is 1. The Bertz CT molecular complexity index is 489. The first-order valence-corrected chi connectivity index (χ1v) is 7.69. The van der Waals surface area contributed by atoms with Crippen LogP contribution in [0.4, 0.5) is 0 Å². The normalized spacial score (nSPS) is 22.9. The molecule has 1 saturated carbocycles. The smallest absolute Gasteiger partial charge is 0.226 e. The number of ether oxygens (including phenoxy) is 1. The van der Waals surface area contributed by atoms with Gasteiger partial charge in [-0.2, -0.15) is 0 Å². The lowest BCUT2D eigenvalue weighted by Crippen LogP contribution is -2.38. The molecule has 0 bridgehead atoms. The van der Waals surface area contributed by atoms with Crippen LogP contribution in [0, 0.1) is 11.8 Å². The van der Waals surface area contributed by atoms with Gasteiger partial charge in [-0.05, 0) is 38.3 Å². The maximum Gasteiger partial charge on any atom is 0.226 e. The number of nitrogens with two attached hydrogens (primary N) is 1. The molecule has 2 N–H and O–H groups in total. The van der Waals surface area contributed by atoms with Crippen LogP contribution < -0.4 is 10.5 Å². The van der Waals surface area contributed by atoms with Gasteiger partial charge in [0.05, 0.1) is 13.2 Å². The second-order valence-electron chi connectivity index (χ2n) is 5.90. The van der Waals surface area contributed by atoms with Gasteiger partial charge in [-0.1, -0.05) is 24.6 Å². The summed E-state index contributed by atoms with van der Waals surface area (Å²) in [5.41, 5.74) is 6.84. The zero-order chi connectivity index (χ0) is 15.4. The van der Waals surface area contributed by atoms with Crippen LogP contribution in [0.1, 0.15) is 37.8 Å². The maximum absolute atomic E-state index is 12.8. The van der Waals surface area contributed by atoms with E-state index < -0.39 is 0 Å². The summed E-state index contributed by atoms with van der Waals surface area (Å²) in [6.07, 6.45) is 3.14. The highest BCUT2D eigenvalue weighted by molar-refractivity contribution is 5.79. The molecular formula is C17H26N2O2. The maximum atomic E-state index is 12.8. The van der Waals surface area contributed by atoms with Gasteiger partial charge in [-0.25, -0.2) is 0 Å². The lowest BCUT2D eigenvalue weighted by molar-refractivity contribution is -0.137. The van der Waals surface area contributed by atoms with Gasteiger partial charge in [0.2, 0.25) is 5.91 Å². The number of methoxy groups -OCH3 is 1. The largest absolute Gasteiger partial charge is 0.496 e. The van der Waals surface area contributed by atoms with E-state index in [1.807, 2.05) is 43.1 Å². The van der Waals surface area contributed by atoms with Gasteiger partial charge >= 0.3 is 0 Å². The molecule has 1 aliphatic rings. The molecule has 1 amide bonds. The molecule has 0 aromatic heterocycles.